The van der Waals surface area contributed by atoms with Gasteiger partial charge in [-0.2, -0.15) is 0 Å². The molecule has 1 heterocycles. The molecule has 1 aromatic heterocycles. The van der Waals surface area contributed by atoms with Crippen LogP contribution in [0.15, 0.2) is 60.8 Å². The summed E-state index contributed by atoms with van der Waals surface area (Å²) in [7, 11) is 0. The number of pyridine rings is 1. The number of amides is 2. The van der Waals surface area contributed by atoms with E-state index in [-0.39, 0.29) is 6.04 Å². The second-order valence-corrected chi connectivity index (χ2v) is 6.89. The van der Waals surface area contributed by atoms with Gasteiger partial charge in [0, 0.05) is 5.39 Å². The molecule has 2 aromatic carbocycles. The number of fused-ring (bicyclic) bond motifs is 1. The van der Waals surface area contributed by atoms with Gasteiger partial charge >= 0.3 is 11.8 Å². The van der Waals surface area contributed by atoms with Crippen LogP contribution < -0.4 is 10.6 Å². The molecule has 138 valence electrons. The van der Waals surface area contributed by atoms with Gasteiger partial charge < -0.3 is 10.6 Å². The van der Waals surface area contributed by atoms with Crippen molar-refractivity contribution in [2.75, 3.05) is 5.32 Å². The minimum Gasteiger partial charge on any atom is -0.341 e. The Labute approximate surface area is 158 Å². The number of benzene rings is 2. The van der Waals surface area contributed by atoms with Crippen LogP contribution in [0.1, 0.15) is 43.9 Å². The summed E-state index contributed by atoms with van der Waals surface area (Å²) in [5, 5.41) is 6.23. The smallest absolute Gasteiger partial charge is 0.313 e. The molecule has 0 radical (unpaired) electrons. The highest BCUT2D eigenvalue weighted by molar-refractivity contribution is 6.39. The summed E-state index contributed by atoms with van der Waals surface area (Å²) < 4.78 is 0. The molecule has 1 unspecified atom stereocenters. The van der Waals surface area contributed by atoms with Crippen LogP contribution in [0, 0.1) is 0 Å². The number of carbonyl (C=O) groups is 2. The first-order valence-corrected chi connectivity index (χ1v) is 9.00. The Morgan fingerprint density at radius 3 is 2.26 bits per heavy atom. The van der Waals surface area contributed by atoms with Crippen LogP contribution in [0.25, 0.3) is 10.9 Å². The monoisotopic (exact) mass is 361 g/mol. The van der Waals surface area contributed by atoms with Gasteiger partial charge in [0.15, 0.2) is 0 Å². The molecule has 0 aliphatic carbocycles. The highest BCUT2D eigenvalue weighted by Gasteiger charge is 2.17. The fourth-order valence-electron chi connectivity index (χ4n) is 2.84. The van der Waals surface area contributed by atoms with E-state index in [1.807, 2.05) is 55.5 Å². The Bertz CT molecular complexity index is 965. The lowest BCUT2D eigenvalue weighted by molar-refractivity contribution is -0.136. The average molecular weight is 361 g/mol. The molecular weight excluding hydrogens is 338 g/mol. The molecule has 5 nitrogen and oxygen atoms in total. The zero-order valence-corrected chi connectivity index (χ0v) is 15.7. The molecular formula is C22H23N3O2. The summed E-state index contributed by atoms with van der Waals surface area (Å²) in [4.78, 5) is 28.7. The number of nitrogens with zero attached hydrogens (tertiary/aromatic N) is 1. The SMILES string of the molecule is CC(C)c1ccc(C(C)NC(=O)C(=O)Nc2cnc3ccccc3c2)cc1. The van der Waals surface area contributed by atoms with Crippen molar-refractivity contribution in [2.24, 2.45) is 0 Å². The molecule has 3 rings (SSSR count). The molecule has 0 spiro atoms. The van der Waals surface area contributed by atoms with Crippen LogP contribution in [-0.2, 0) is 9.59 Å². The van der Waals surface area contributed by atoms with E-state index >= 15 is 0 Å². The maximum atomic E-state index is 12.2. The average Bonchev–Trinajstić information content (AvgIpc) is 2.67. The van der Waals surface area contributed by atoms with E-state index in [0.29, 0.717) is 11.6 Å². The van der Waals surface area contributed by atoms with Gasteiger partial charge in [0.1, 0.15) is 0 Å². The van der Waals surface area contributed by atoms with Crippen molar-refractivity contribution >= 4 is 28.4 Å². The van der Waals surface area contributed by atoms with E-state index in [0.717, 1.165) is 16.5 Å². The molecule has 2 N–H and O–H groups in total. The first-order chi connectivity index (χ1) is 12.9. The van der Waals surface area contributed by atoms with Crippen LogP contribution in [0.3, 0.4) is 0 Å². The zero-order chi connectivity index (χ0) is 19.4. The highest BCUT2D eigenvalue weighted by atomic mass is 16.2. The number of nitrogens with one attached hydrogen (secondary N) is 2. The van der Waals surface area contributed by atoms with Gasteiger partial charge in [-0.1, -0.05) is 56.3 Å². The highest BCUT2D eigenvalue weighted by Crippen LogP contribution is 2.19. The Morgan fingerprint density at radius 2 is 1.56 bits per heavy atom. The van der Waals surface area contributed by atoms with E-state index in [1.165, 1.54) is 5.56 Å². The normalized spacial score (nSPS) is 12.0. The quantitative estimate of drug-likeness (QED) is 0.685. The van der Waals surface area contributed by atoms with Gasteiger partial charge in [-0.15, -0.1) is 0 Å². The van der Waals surface area contributed by atoms with Gasteiger partial charge in [0.2, 0.25) is 0 Å². The Hall–Kier alpha value is -3.21. The van der Waals surface area contributed by atoms with Crippen LogP contribution in [0.5, 0.6) is 0 Å². The van der Waals surface area contributed by atoms with Crippen LogP contribution >= 0.6 is 0 Å². The summed E-state index contributed by atoms with van der Waals surface area (Å²) in [6.07, 6.45) is 1.54. The molecule has 3 aromatic rings. The maximum absolute atomic E-state index is 12.2. The van der Waals surface area contributed by atoms with Crippen LogP contribution in [0.4, 0.5) is 5.69 Å². The number of hydrogen-bond acceptors (Lipinski definition) is 3. The fourth-order valence-corrected chi connectivity index (χ4v) is 2.84. The largest absolute Gasteiger partial charge is 0.341 e. The predicted molar refractivity (Wildman–Crippen MR) is 107 cm³/mol. The number of anilines is 1. The number of rotatable bonds is 4. The third kappa shape index (κ3) is 4.50. The van der Waals surface area contributed by atoms with E-state index in [4.69, 9.17) is 0 Å². The second-order valence-electron chi connectivity index (χ2n) is 6.89. The fraction of sp³-hybridized carbons (Fsp3) is 0.227. The lowest BCUT2D eigenvalue weighted by Gasteiger charge is -2.15. The molecule has 0 fully saturated rings. The van der Waals surface area contributed by atoms with Crippen molar-refractivity contribution < 1.29 is 9.59 Å². The van der Waals surface area contributed by atoms with Crippen molar-refractivity contribution in [3.8, 4) is 0 Å². The van der Waals surface area contributed by atoms with Crippen molar-refractivity contribution in [3.63, 3.8) is 0 Å². The number of hydrogen-bond donors (Lipinski definition) is 2. The molecule has 0 aliphatic heterocycles. The Balaban J connectivity index is 1.63. The first kappa shape index (κ1) is 18.6. The number of aromatic nitrogens is 1. The minimum atomic E-state index is -0.710. The lowest BCUT2D eigenvalue weighted by atomic mass is 9.99. The Morgan fingerprint density at radius 1 is 0.889 bits per heavy atom. The van der Waals surface area contributed by atoms with Crippen molar-refractivity contribution in [1.82, 2.24) is 10.3 Å². The predicted octanol–water partition coefficient (Wildman–Crippen LogP) is 4.17. The molecule has 2 amide bonds. The molecule has 0 bridgehead atoms. The van der Waals surface area contributed by atoms with E-state index in [9.17, 15) is 9.59 Å². The molecule has 1 atom stereocenters. The van der Waals surface area contributed by atoms with Crippen LogP contribution in [0.2, 0.25) is 0 Å². The molecule has 27 heavy (non-hydrogen) atoms. The van der Waals surface area contributed by atoms with E-state index in [1.54, 1.807) is 12.3 Å². The first-order valence-electron chi connectivity index (χ1n) is 9.00. The summed E-state index contributed by atoms with van der Waals surface area (Å²) in [6.45, 7) is 6.12. The maximum Gasteiger partial charge on any atom is 0.313 e. The van der Waals surface area contributed by atoms with Crippen molar-refractivity contribution in [2.45, 2.75) is 32.7 Å². The molecule has 0 saturated heterocycles. The van der Waals surface area contributed by atoms with Gasteiger partial charge in [-0.3, -0.25) is 14.6 Å². The Kier molecular flexibility index (Phi) is 5.50. The molecule has 0 saturated carbocycles. The number of carbonyl (C=O) groups excluding carboxylic acids is 2. The minimum absolute atomic E-state index is 0.265. The van der Waals surface area contributed by atoms with Crippen molar-refractivity contribution in [1.29, 1.82) is 0 Å². The van der Waals surface area contributed by atoms with Gasteiger partial charge in [-0.25, -0.2) is 0 Å². The second kappa shape index (κ2) is 7.99. The molecule has 5 heteroatoms. The topological polar surface area (TPSA) is 71.1 Å². The summed E-state index contributed by atoms with van der Waals surface area (Å²) in [6, 6.07) is 17.2. The third-order valence-corrected chi connectivity index (χ3v) is 4.51. The summed E-state index contributed by atoms with van der Waals surface area (Å²) in [5.74, 6) is -0.938. The number of para-hydroxylation sites is 1. The van der Waals surface area contributed by atoms with E-state index in [2.05, 4.69) is 29.5 Å². The zero-order valence-electron chi connectivity index (χ0n) is 15.7. The standard InChI is InChI=1S/C22H23N3O2/c1-14(2)16-8-10-17(11-9-16)15(3)24-21(26)22(27)25-19-12-18-6-4-5-7-20(18)23-13-19/h4-15H,1-3H3,(H,24,26)(H,25,27). The van der Waals surface area contributed by atoms with Gasteiger partial charge in [-0.05, 0) is 36.1 Å². The lowest BCUT2D eigenvalue weighted by Crippen LogP contribution is -2.36. The van der Waals surface area contributed by atoms with Crippen LogP contribution in [-0.4, -0.2) is 16.8 Å². The summed E-state index contributed by atoms with van der Waals surface area (Å²) >= 11 is 0. The third-order valence-electron chi connectivity index (χ3n) is 4.51. The van der Waals surface area contributed by atoms with E-state index < -0.39 is 11.8 Å². The molecule has 0 aliphatic rings. The van der Waals surface area contributed by atoms with Gasteiger partial charge in [0.25, 0.3) is 0 Å². The van der Waals surface area contributed by atoms with Gasteiger partial charge in [0.05, 0.1) is 23.4 Å². The van der Waals surface area contributed by atoms with Crippen molar-refractivity contribution in [3.05, 3.63) is 71.9 Å². The summed E-state index contributed by atoms with van der Waals surface area (Å²) in [5.41, 5.74) is 3.51.